The average molecular weight is 324 g/mol. The van der Waals surface area contributed by atoms with Crippen molar-refractivity contribution < 1.29 is 9.53 Å². The van der Waals surface area contributed by atoms with Crippen molar-refractivity contribution in [2.45, 2.75) is 6.42 Å². The minimum Gasteiger partial charge on any atom is -0.496 e. The van der Waals surface area contributed by atoms with Crippen molar-refractivity contribution in [2.24, 2.45) is 0 Å². The number of carbonyl (C=O) groups is 1. The van der Waals surface area contributed by atoms with E-state index in [-0.39, 0.29) is 5.91 Å². The molecule has 2 rings (SSSR count). The fourth-order valence-corrected chi connectivity index (χ4v) is 2.30. The third-order valence-corrected chi connectivity index (χ3v) is 3.43. The summed E-state index contributed by atoms with van der Waals surface area (Å²) < 4.78 is 5.18. The number of hydrogen-bond donors (Lipinski definition) is 1. The van der Waals surface area contributed by atoms with Crippen molar-refractivity contribution in [1.29, 1.82) is 0 Å². The van der Waals surface area contributed by atoms with Crippen LogP contribution in [-0.4, -0.2) is 18.9 Å². The van der Waals surface area contributed by atoms with E-state index in [2.05, 4.69) is 5.32 Å². The number of carbonyl (C=O) groups excluding carboxylic acids is 1. The van der Waals surface area contributed by atoms with E-state index >= 15 is 0 Å². The summed E-state index contributed by atoms with van der Waals surface area (Å²) in [6.07, 6.45) is 0.806. The molecule has 0 aromatic heterocycles. The Bertz CT molecular complexity index is 627. The van der Waals surface area contributed by atoms with E-state index in [1.165, 1.54) is 7.11 Å². The normalized spacial score (nSPS) is 10.2. The summed E-state index contributed by atoms with van der Waals surface area (Å²) in [5.74, 6) is 0.778. The summed E-state index contributed by atoms with van der Waals surface area (Å²) >= 11 is 11.6. The Morgan fingerprint density at radius 3 is 2.52 bits per heavy atom. The van der Waals surface area contributed by atoms with Gasteiger partial charge in [0.1, 0.15) is 5.75 Å². The largest absolute Gasteiger partial charge is 0.496 e. The van der Waals surface area contributed by atoms with E-state index in [1.807, 2.05) is 24.3 Å². The quantitative estimate of drug-likeness (QED) is 0.829. The number of anilines is 1. The van der Waals surface area contributed by atoms with Gasteiger partial charge in [0, 0.05) is 16.6 Å². The number of amides is 1. The molecule has 5 heteroatoms. The van der Waals surface area contributed by atoms with Crippen molar-refractivity contribution in [2.75, 3.05) is 18.3 Å². The van der Waals surface area contributed by atoms with Crippen LogP contribution in [0.4, 0.5) is 5.69 Å². The SMILES string of the molecule is COc1cc(Cl)ccc1C(=O)Nc1ccc(CCCl)cc1. The summed E-state index contributed by atoms with van der Waals surface area (Å²) in [4.78, 5) is 12.3. The molecule has 0 unspecified atom stereocenters. The minimum atomic E-state index is -0.242. The van der Waals surface area contributed by atoms with Crippen LogP contribution in [0.15, 0.2) is 42.5 Å². The molecule has 1 N–H and O–H groups in total. The van der Waals surface area contributed by atoms with Gasteiger partial charge >= 0.3 is 0 Å². The van der Waals surface area contributed by atoms with Crippen LogP contribution >= 0.6 is 23.2 Å². The minimum absolute atomic E-state index is 0.242. The van der Waals surface area contributed by atoms with E-state index in [0.29, 0.717) is 22.2 Å². The second-order valence-corrected chi connectivity index (χ2v) is 5.25. The molecule has 2 aromatic rings. The molecule has 2 aromatic carbocycles. The molecule has 0 saturated carbocycles. The highest BCUT2D eigenvalue weighted by Gasteiger charge is 2.12. The Hall–Kier alpha value is -1.71. The van der Waals surface area contributed by atoms with Crippen LogP contribution in [0.25, 0.3) is 0 Å². The number of ether oxygens (including phenoxy) is 1. The zero-order valence-electron chi connectivity index (χ0n) is 11.5. The molecule has 0 saturated heterocycles. The predicted molar refractivity (Wildman–Crippen MR) is 86.8 cm³/mol. The first kappa shape index (κ1) is 15.7. The number of nitrogens with one attached hydrogen (secondary N) is 1. The average Bonchev–Trinajstić information content (AvgIpc) is 2.49. The van der Waals surface area contributed by atoms with Crippen molar-refractivity contribution in [3.63, 3.8) is 0 Å². The number of alkyl halides is 1. The zero-order chi connectivity index (χ0) is 15.2. The molecule has 0 aliphatic heterocycles. The third kappa shape index (κ3) is 4.13. The highest BCUT2D eigenvalue weighted by molar-refractivity contribution is 6.31. The van der Waals surface area contributed by atoms with Gasteiger partial charge in [-0.3, -0.25) is 4.79 Å². The number of aryl methyl sites for hydroxylation is 1. The van der Waals surface area contributed by atoms with E-state index < -0.39 is 0 Å². The first-order valence-electron chi connectivity index (χ1n) is 6.44. The highest BCUT2D eigenvalue weighted by Crippen LogP contribution is 2.24. The lowest BCUT2D eigenvalue weighted by atomic mass is 10.1. The van der Waals surface area contributed by atoms with Crippen LogP contribution in [0.2, 0.25) is 5.02 Å². The van der Waals surface area contributed by atoms with Crippen LogP contribution in [0, 0.1) is 0 Å². The fourth-order valence-electron chi connectivity index (χ4n) is 1.91. The molecule has 0 atom stereocenters. The summed E-state index contributed by atoms with van der Waals surface area (Å²) in [5, 5.41) is 3.35. The van der Waals surface area contributed by atoms with Crippen LogP contribution in [-0.2, 0) is 6.42 Å². The Labute approximate surface area is 133 Å². The maximum atomic E-state index is 12.3. The standard InChI is InChI=1S/C16H15Cl2NO2/c1-21-15-10-12(18)4-7-14(15)16(20)19-13-5-2-11(3-6-13)8-9-17/h2-7,10H,8-9H2,1H3,(H,19,20). The van der Waals surface area contributed by atoms with Crippen LogP contribution in [0.3, 0.4) is 0 Å². The van der Waals surface area contributed by atoms with Gasteiger partial charge in [-0.05, 0) is 42.3 Å². The maximum absolute atomic E-state index is 12.3. The molecule has 0 aliphatic carbocycles. The molecule has 0 heterocycles. The Kier molecular flexibility index (Phi) is 5.48. The smallest absolute Gasteiger partial charge is 0.259 e. The molecule has 0 radical (unpaired) electrons. The van der Waals surface area contributed by atoms with Gasteiger partial charge in [-0.1, -0.05) is 23.7 Å². The van der Waals surface area contributed by atoms with Gasteiger partial charge in [-0.2, -0.15) is 0 Å². The second kappa shape index (κ2) is 7.34. The van der Waals surface area contributed by atoms with E-state index in [1.54, 1.807) is 18.2 Å². The Balaban J connectivity index is 2.14. The fraction of sp³-hybridized carbons (Fsp3) is 0.188. The van der Waals surface area contributed by atoms with Crippen LogP contribution < -0.4 is 10.1 Å². The van der Waals surface area contributed by atoms with Crippen molar-refractivity contribution >= 4 is 34.8 Å². The molecule has 1 amide bonds. The van der Waals surface area contributed by atoms with Gasteiger partial charge < -0.3 is 10.1 Å². The number of methoxy groups -OCH3 is 1. The van der Waals surface area contributed by atoms with E-state index in [0.717, 1.165) is 17.7 Å². The number of halogens is 2. The molecule has 0 bridgehead atoms. The first-order valence-corrected chi connectivity index (χ1v) is 7.35. The molecule has 21 heavy (non-hydrogen) atoms. The summed E-state index contributed by atoms with van der Waals surface area (Å²) in [7, 11) is 1.50. The highest BCUT2D eigenvalue weighted by atomic mass is 35.5. The first-order chi connectivity index (χ1) is 10.1. The molecule has 0 fully saturated rings. The molecule has 0 spiro atoms. The number of hydrogen-bond acceptors (Lipinski definition) is 2. The summed E-state index contributed by atoms with van der Waals surface area (Å²) in [5.41, 5.74) is 2.29. The van der Waals surface area contributed by atoms with Gasteiger partial charge in [0.05, 0.1) is 12.7 Å². The Morgan fingerprint density at radius 1 is 1.19 bits per heavy atom. The molecular formula is C16H15Cl2NO2. The molecule has 3 nitrogen and oxygen atoms in total. The monoisotopic (exact) mass is 323 g/mol. The molecule has 0 aliphatic rings. The van der Waals surface area contributed by atoms with Crippen LogP contribution in [0.5, 0.6) is 5.75 Å². The van der Waals surface area contributed by atoms with Crippen molar-refractivity contribution in [1.82, 2.24) is 0 Å². The predicted octanol–water partition coefficient (Wildman–Crippen LogP) is 4.38. The second-order valence-electron chi connectivity index (χ2n) is 4.43. The summed E-state index contributed by atoms with van der Waals surface area (Å²) in [6, 6.07) is 12.5. The lowest BCUT2D eigenvalue weighted by Crippen LogP contribution is -2.13. The number of rotatable bonds is 5. The van der Waals surface area contributed by atoms with Crippen LogP contribution in [0.1, 0.15) is 15.9 Å². The lowest BCUT2D eigenvalue weighted by molar-refractivity contribution is 0.102. The zero-order valence-corrected chi connectivity index (χ0v) is 13.0. The van der Waals surface area contributed by atoms with Crippen molar-refractivity contribution in [3.05, 3.63) is 58.6 Å². The van der Waals surface area contributed by atoms with Gasteiger partial charge in [-0.15, -0.1) is 11.6 Å². The topological polar surface area (TPSA) is 38.3 Å². The molecule has 110 valence electrons. The van der Waals surface area contributed by atoms with Gasteiger partial charge in [0.2, 0.25) is 0 Å². The Morgan fingerprint density at radius 2 is 1.90 bits per heavy atom. The maximum Gasteiger partial charge on any atom is 0.259 e. The van der Waals surface area contributed by atoms with Gasteiger partial charge in [0.15, 0.2) is 0 Å². The van der Waals surface area contributed by atoms with E-state index in [9.17, 15) is 4.79 Å². The van der Waals surface area contributed by atoms with E-state index in [4.69, 9.17) is 27.9 Å². The lowest BCUT2D eigenvalue weighted by Gasteiger charge is -2.10. The molecular weight excluding hydrogens is 309 g/mol. The third-order valence-electron chi connectivity index (χ3n) is 3.00. The number of benzene rings is 2. The summed E-state index contributed by atoms with van der Waals surface area (Å²) in [6.45, 7) is 0. The van der Waals surface area contributed by atoms with Gasteiger partial charge in [-0.25, -0.2) is 0 Å². The van der Waals surface area contributed by atoms with Crippen molar-refractivity contribution in [3.8, 4) is 5.75 Å². The van der Waals surface area contributed by atoms with Gasteiger partial charge in [0.25, 0.3) is 5.91 Å².